The summed E-state index contributed by atoms with van der Waals surface area (Å²) >= 11 is 0. The van der Waals surface area contributed by atoms with E-state index < -0.39 is 0 Å². The van der Waals surface area contributed by atoms with Gasteiger partial charge in [0, 0.05) is 40.8 Å². The summed E-state index contributed by atoms with van der Waals surface area (Å²) in [5.74, 6) is 0. The zero-order valence-corrected chi connectivity index (χ0v) is 9.93. The SMILES string of the molecule is COC1CNCCc2c(nnn2C)C1OC. The lowest BCUT2D eigenvalue weighted by Crippen LogP contribution is -2.38. The van der Waals surface area contributed by atoms with Crippen LogP contribution in [0.3, 0.4) is 0 Å². The molecule has 0 aliphatic carbocycles. The average molecular weight is 226 g/mol. The summed E-state index contributed by atoms with van der Waals surface area (Å²) in [7, 11) is 5.27. The molecule has 16 heavy (non-hydrogen) atoms. The minimum atomic E-state index is -0.151. The van der Waals surface area contributed by atoms with E-state index in [1.807, 2.05) is 7.05 Å². The van der Waals surface area contributed by atoms with Gasteiger partial charge in [-0.15, -0.1) is 5.10 Å². The first-order valence-electron chi connectivity index (χ1n) is 5.42. The molecule has 2 rings (SSSR count). The summed E-state index contributed by atoms with van der Waals surface area (Å²) in [4.78, 5) is 0. The number of ether oxygens (including phenoxy) is 2. The molecule has 0 saturated heterocycles. The smallest absolute Gasteiger partial charge is 0.130 e. The van der Waals surface area contributed by atoms with Crippen LogP contribution >= 0.6 is 0 Å². The van der Waals surface area contributed by atoms with E-state index in [0.29, 0.717) is 0 Å². The molecule has 2 heterocycles. The summed E-state index contributed by atoms with van der Waals surface area (Å²) < 4.78 is 12.7. The van der Waals surface area contributed by atoms with Gasteiger partial charge in [0.05, 0.1) is 5.69 Å². The Bertz CT molecular complexity index is 353. The largest absolute Gasteiger partial charge is 0.377 e. The van der Waals surface area contributed by atoms with Gasteiger partial charge in [0.2, 0.25) is 0 Å². The first-order valence-corrected chi connectivity index (χ1v) is 5.42. The van der Waals surface area contributed by atoms with Crippen LogP contribution in [0, 0.1) is 0 Å². The van der Waals surface area contributed by atoms with Crippen molar-refractivity contribution < 1.29 is 9.47 Å². The van der Waals surface area contributed by atoms with Crippen molar-refractivity contribution >= 4 is 0 Å². The molecule has 0 fully saturated rings. The van der Waals surface area contributed by atoms with Gasteiger partial charge in [-0.05, 0) is 0 Å². The second kappa shape index (κ2) is 4.90. The van der Waals surface area contributed by atoms with Crippen molar-refractivity contribution in [2.45, 2.75) is 18.6 Å². The van der Waals surface area contributed by atoms with Crippen LogP contribution in [0.25, 0.3) is 0 Å². The zero-order valence-electron chi connectivity index (χ0n) is 9.93. The zero-order chi connectivity index (χ0) is 11.5. The molecule has 0 radical (unpaired) electrons. The van der Waals surface area contributed by atoms with Gasteiger partial charge in [-0.3, -0.25) is 4.68 Å². The number of methoxy groups -OCH3 is 2. The summed E-state index contributed by atoms with van der Waals surface area (Å²) in [5.41, 5.74) is 2.01. The molecule has 2 atom stereocenters. The van der Waals surface area contributed by atoms with Crippen LogP contribution in [-0.2, 0) is 22.9 Å². The van der Waals surface area contributed by atoms with Gasteiger partial charge in [-0.1, -0.05) is 5.21 Å². The average Bonchev–Trinajstić information content (AvgIpc) is 2.60. The molecule has 0 amide bonds. The molecule has 0 aromatic carbocycles. The van der Waals surface area contributed by atoms with E-state index in [-0.39, 0.29) is 12.2 Å². The van der Waals surface area contributed by atoms with Crippen molar-refractivity contribution in [3.05, 3.63) is 11.4 Å². The number of nitrogens with one attached hydrogen (secondary N) is 1. The monoisotopic (exact) mass is 226 g/mol. The lowest BCUT2D eigenvalue weighted by Gasteiger charge is -2.26. The maximum absolute atomic E-state index is 5.49. The first-order chi connectivity index (χ1) is 7.77. The normalized spacial score (nSPS) is 25.9. The second-order valence-electron chi connectivity index (χ2n) is 3.93. The van der Waals surface area contributed by atoms with Gasteiger partial charge in [-0.2, -0.15) is 0 Å². The number of aromatic nitrogens is 3. The van der Waals surface area contributed by atoms with Crippen LogP contribution in [0.2, 0.25) is 0 Å². The highest BCUT2D eigenvalue weighted by molar-refractivity contribution is 5.16. The van der Waals surface area contributed by atoms with Crippen LogP contribution in [0.5, 0.6) is 0 Å². The molecule has 0 spiro atoms. The molecule has 0 saturated carbocycles. The molecular weight excluding hydrogens is 208 g/mol. The highest BCUT2D eigenvalue weighted by atomic mass is 16.5. The molecule has 6 heteroatoms. The van der Waals surface area contributed by atoms with Gasteiger partial charge in [0.25, 0.3) is 0 Å². The van der Waals surface area contributed by atoms with Crippen LogP contribution in [0.1, 0.15) is 17.5 Å². The van der Waals surface area contributed by atoms with Crippen LogP contribution < -0.4 is 5.32 Å². The predicted molar refractivity (Wildman–Crippen MR) is 58.1 cm³/mol. The molecule has 90 valence electrons. The molecule has 2 unspecified atom stereocenters. The van der Waals surface area contributed by atoms with Crippen LogP contribution in [0.15, 0.2) is 0 Å². The Balaban J connectivity index is 2.36. The van der Waals surface area contributed by atoms with Crippen molar-refractivity contribution in [3.8, 4) is 0 Å². The molecule has 1 aliphatic rings. The van der Waals surface area contributed by atoms with E-state index in [4.69, 9.17) is 9.47 Å². The number of rotatable bonds is 2. The van der Waals surface area contributed by atoms with E-state index in [1.54, 1.807) is 18.9 Å². The molecule has 6 nitrogen and oxygen atoms in total. The van der Waals surface area contributed by atoms with E-state index in [2.05, 4.69) is 15.6 Å². The third-order valence-electron chi connectivity index (χ3n) is 3.02. The van der Waals surface area contributed by atoms with E-state index in [1.165, 1.54) is 0 Å². The Morgan fingerprint density at radius 1 is 1.38 bits per heavy atom. The van der Waals surface area contributed by atoms with E-state index in [0.717, 1.165) is 30.9 Å². The Morgan fingerprint density at radius 2 is 2.19 bits per heavy atom. The Hall–Kier alpha value is -0.980. The van der Waals surface area contributed by atoms with Crippen LogP contribution in [-0.4, -0.2) is 48.4 Å². The fourth-order valence-electron chi connectivity index (χ4n) is 2.11. The molecule has 1 N–H and O–H groups in total. The quantitative estimate of drug-likeness (QED) is 0.748. The topological polar surface area (TPSA) is 61.2 Å². The van der Waals surface area contributed by atoms with Gasteiger partial charge in [-0.25, -0.2) is 0 Å². The van der Waals surface area contributed by atoms with Crippen molar-refractivity contribution in [3.63, 3.8) is 0 Å². The number of fused-ring (bicyclic) bond motifs is 1. The predicted octanol–water partition coefficient (Wildman–Crippen LogP) is -0.337. The van der Waals surface area contributed by atoms with Crippen molar-refractivity contribution in [1.82, 2.24) is 20.3 Å². The summed E-state index contributed by atoms with van der Waals surface area (Å²) in [6, 6.07) is 0. The summed E-state index contributed by atoms with van der Waals surface area (Å²) in [6.07, 6.45) is 0.733. The maximum Gasteiger partial charge on any atom is 0.130 e. The highest BCUT2D eigenvalue weighted by Crippen LogP contribution is 2.24. The molecule has 1 aromatic heterocycles. The minimum absolute atomic E-state index is 0.0271. The number of aryl methyl sites for hydroxylation is 1. The van der Waals surface area contributed by atoms with Gasteiger partial charge in [0.15, 0.2) is 0 Å². The standard InChI is InChI=1S/C10H18N4O2/c1-14-7-4-5-11-6-8(15-2)10(16-3)9(7)12-13-14/h8,10-11H,4-6H2,1-3H3. The third kappa shape index (κ3) is 1.95. The van der Waals surface area contributed by atoms with Gasteiger partial charge < -0.3 is 14.8 Å². The van der Waals surface area contributed by atoms with Crippen LogP contribution in [0.4, 0.5) is 0 Å². The molecule has 1 aromatic rings. The number of hydrogen-bond donors (Lipinski definition) is 1. The second-order valence-corrected chi connectivity index (χ2v) is 3.93. The lowest BCUT2D eigenvalue weighted by atomic mass is 10.0. The Kier molecular flexibility index (Phi) is 3.52. The third-order valence-corrected chi connectivity index (χ3v) is 3.02. The fraction of sp³-hybridized carbons (Fsp3) is 0.800. The molecule has 0 bridgehead atoms. The molecule has 1 aliphatic heterocycles. The van der Waals surface area contributed by atoms with E-state index >= 15 is 0 Å². The number of nitrogens with zero attached hydrogens (tertiary/aromatic N) is 3. The van der Waals surface area contributed by atoms with Crippen molar-refractivity contribution in [2.75, 3.05) is 27.3 Å². The van der Waals surface area contributed by atoms with Gasteiger partial charge in [0.1, 0.15) is 17.9 Å². The summed E-state index contributed by atoms with van der Waals surface area (Å²) in [5, 5.41) is 11.6. The van der Waals surface area contributed by atoms with E-state index in [9.17, 15) is 0 Å². The first kappa shape index (κ1) is 11.5. The van der Waals surface area contributed by atoms with Crippen molar-refractivity contribution in [1.29, 1.82) is 0 Å². The van der Waals surface area contributed by atoms with Crippen molar-refractivity contribution in [2.24, 2.45) is 7.05 Å². The van der Waals surface area contributed by atoms with Gasteiger partial charge >= 0.3 is 0 Å². The Labute approximate surface area is 94.9 Å². The lowest BCUT2D eigenvalue weighted by molar-refractivity contribution is -0.0401. The molecular formula is C10H18N4O2. The number of hydrogen-bond acceptors (Lipinski definition) is 5. The summed E-state index contributed by atoms with van der Waals surface area (Å²) in [6.45, 7) is 1.68. The minimum Gasteiger partial charge on any atom is -0.377 e. The maximum atomic E-state index is 5.49. The fourth-order valence-corrected chi connectivity index (χ4v) is 2.11. The highest BCUT2D eigenvalue weighted by Gasteiger charge is 2.30. The Morgan fingerprint density at radius 3 is 2.88 bits per heavy atom.